The third kappa shape index (κ3) is 5.40. The Labute approximate surface area is 224 Å². The molecule has 3 heterocycles. The number of halogens is 1. The second-order valence-corrected chi connectivity index (χ2v) is 12.0. The van der Waals surface area contributed by atoms with E-state index in [1.54, 1.807) is 37.9 Å². The van der Waals surface area contributed by atoms with Crippen LogP contribution in [0.1, 0.15) is 62.8 Å². The van der Waals surface area contributed by atoms with E-state index in [0.717, 1.165) is 36.6 Å². The largest absolute Gasteiger partial charge is 0.362 e. The van der Waals surface area contributed by atoms with E-state index in [0.29, 0.717) is 24.3 Å². The number of carbonyl (C=O) groups is 1. The topological polar surface area (TPSA) is 52.0 Å². The average Bonchev–Trinajstić information content (AvgIpc) is 3.12. The van der Waals surface area contributed by atoms with E-state index in [9.17, 15) is 9.18 Å². The number of anilines is 2. The first-order valence-electron chi connectivity index (χ1n) is 12.9. The highest BCUT2D eigenvalue weighted by Crippen LogP contribution is 2.43. The highest BCUT2D eigenvalue weighted by Gasteiger charge is 2.41. The highest BCUT2D eigenvalue weighted by molar-refractivity contribution is 8.15. The maximum atomic E-state index is 14.3. The van der Waals surface area contributed by atoms with E-state index >= 15 is 0 Å². The molecule has 1 saturated heterocycles. The predicted octanol–water partition coefficient (Wildman–Crippen LogP) is 6.14. The van der Waals surface area contributed by atoms with Gasteiger partial charge in [0.1, 0.15) is 11.5 Å². The molecule has 0 spiro atoms. The van der Waals surface area contributed by atoms with Crippen LogP contribution in [0.25, 0.3) is 0 Å². The van der Waals surface area contributed by atoms with Gasteiger partial charge in [0, 0.05) is 44.3 Å². The van der Waals surface area contributed by atoms with E-state index in [1.165, 1.54) is 5.03 Å². The summed E-state index contributed by atoms with van der Waals surface area (Å²) in [5.74, 6) is -0.269. The fourth-order valence-corrected chi connectivity index (χ4v) is 5.99. The zero-order valence-electron chi connectivity index (χ0n) is 23.0. The van der Waals surface area contributed by atoms with Crippen molar-refractivity contribution in [3.8, 4) is 0 Å². The van der Waals surface area contributed by atoms with Crippen LogP contribution < -0.4 is 4.90 Å². The lowest BCUT2D eigenvalue weighted by Crippen LogP contribution is -2.60. The van der Waals surface area contributed by atoms with Crippen LogP contribution >= 0.6 is 11.8 Å². The number of hydrogen-bond donors (Lipinski definition) is 0. The molecule has 0 atom stereocenters. The maximum absolute atomic E-state index is 14.3. The van der Waals surface area contributed by atoms with Crippen LogP contribution in [-0.2, 0) is 5.41 Å². The first kappa shape index (κ1) is 27.2. The van der Waals surface area contributed by atoms with Crippen LogP contribution in [0.15, 0.2) is 46.4 Å². The monoisotopic (exact) mass is 523 g/mol. The summed E-state index contributed by atoms with van der Waals surface area (Å²) in [5.41, 5.74) is 4.90. The van der Waals surface area contributed by atoms with Gasteiger partial charge in [-0.05, 0) is 57.0 Å². The van der Waals surface area contributed by atoms with Crippen LogP contribution in [-0.4, -0.2) is 65.0 Å². The minimum Gasteiger partial charge on any atom is -0.362 e. The Morgan fingerprint density at radius 3 is 2.57 bits per heavy atom. The molecule has 198 valence electrons. The van der Waals surface area contributed by atoms with Crippen molar-refractivity contribution < 1.29 is 9.18 Å². The van der Waals surface area contributed by atoms with E-state index in [4.69, 9.17) is 4.98 Å². The SMILES string of the molecule is CC/C=C(/SC=NC)N1CCN(C(=O)c2ccc3c(n2)C(C)(C)CN3c2ccc(C)c(F)c2)C(C)(C)C1. The van der Waals surface area contributed by atoms with E-state index in [2.05, 4.69) is 55.5 Å². The number of hydrogen-bond acceptors (Lipinski definition) is 6. The number of benzene rings is 1. The molecule has 0 N–H and O–H groups in total. The van der Waals surface area contributed by atoms with E-state index in [1.807, 2.05) is 28.6 Å². The van der Waals surface area contributed by atoms with E-state index < -0.39 is 0 Å². The normalized spacial score (nSPS) is 19.0. The van der Waals surface area contributed by atoms with Crippen molar-refractivity contribution in [2.24, 2.45) is 4.99 Å². The van der Waals surface area contributed by atoms with Gasteiger partial charge in [0.15, 0.2) is 0 Å². The number of aromatic nitrogens is 1. The van der Waals surface area contributed by atoms with Crippen LogP contribution in [0, 0.1) is 12.7 Å². The average molecular weight is 524 g/mol. The molecule has 0 saturated carbocycles. The molecule has 2 aliphatic rings. The Bertz CT molecular complexity index is 1240. The lowest BCUT2D eigenvalue weighted by molar-refractivity contribution is 0.0278. The molecule has 4 rings (SSSR count). The van der Waals surface area contributed by atoms with Gasteiger partial charge in [0.2, 0.25) is 0 Å². The van der Waals surface area contributed by atoms with Crippen molar-refractivity contribution in [3.05, 3.63) is 64.2 Å². The molecule has 1 amide bonds. The summed E-state index contributed by atoms with van der Waals surface area (Å²) in [4.78, 5) is 29.2. The standard InChI is InChI=1S/C29H38FN5OS/c1-8-9-25(37-19-31-7)33-14-15-35(29(5,6)18-33)27(36)23-12-13-24-26(32-23)28(3,4)17-34(24)21-11-10-20(2)22(30)16-21/h9-13,16,19H,8,14-15,17-18H2,1-7H3/b25-9+,31-19?. The molecule has 6 nitrogen and oxygen atoms in total. The third-order valence-corrected chi connectivity index (χ3v) is 8.14. The van der Waals surface area contributed by atoms with Gasteiger partial charge < -0.3 is 14.7 Å². The summed E-state index contributed by atoms with van der Waals surface area (Å²) in [5, 5.41) is 1.18. The zero-order valence-corrected chi connectivity index (χ0v) is 23.8. The lowest BCUT2D eigenvalue weighted by Gasteiger charge is -2.48. The number of aryl methyl sites for hydroxylation is 1. The highest BCUT2D eigenvalue weighted by atomic mass is 32.2. The first-order chi connectivity index (χ1) is 17.5. The number of allylic oxidation sites excluding steroid dienone is 1. The van der Waals surface area contributed by atoms with Crippen LogP contribution in [0.2, 0.25) is 0 Å². The smallest absolute Gasteiger partial charge is 0.273 e. The van der Waals surface area contributed by atoms with Gasteiger partial charge in [-0.3, -0.25) is 9.79 Å². The summed E-state index contributed by atoms with van der Waals surface area (Å²) >= 11 is 1.62. The third-order valence-electron chi connectivity index (χ3n) is 7.16. The minimum atomic E-state index is -0.367. The lowest BCUT2D eigenvalue weighted by atomic mass is 9.91. The van der Waals surface area contributed by atoms with Gasteiger partial charge in [-0.15, -0.1) is 0 Å². The second kappa shape index (κ2) is 10.5. The molecule has 1 fully saturated rings. The Morgan fingerprint density at radius 1 is 1.16 bits per heavy atom. The molecule has 0 bridgehead atoms. The maximum Gasteiger partial charge on any atom is 0.273 e. The molecular weight excluding hydrogens is 485 g/mol. The Morgan fingerprint density at radius 2 is 1.92 bits per heavy atom. The molecule has 0 unspecified atom stereocenters. The van der Waals surface area contributed by atoms with Gasteiger partial charge >= 0.3 is 0 Å². The van der Waals surface area contributed by atoms with Gasteiger partial charge in [-0.2, -0.15) is 0 Å². The molecule has 0 radical (unpaired) electrons. The molecule has 0 aliphatic carbocycles. The molecular formula is C29H38FN5OS. The minimum absolute atomic E-state index is 0.0492. The molecule has 1 aromatic carbocycles. The number of nitrogens with zero attached hydrogens (tertiary/aromatic N) is 5. The van der Waals surface area contributed by atoms with Crippen LogP contribution in [0.3, 0.4) is 0 Å². The number of fused-ring (bicyclic) bond motifs is 1. The summed E-state index contributed by atoms with van der Waals surface area (Å²) in [6, 6.07) is 9.11. The molecule has 2 aromatic rings. The van der Waals surface area contributed by atoms with Crippen LogP contribution in [0.4, 0.5) is 15.8 Å². The molecule has 2 aliphatic heterocycles. The van der Waals surface area contributed by atoms with Crippen molar-refractivity contribution in [2.75, 3.05) is 38.1 Å². The molecule has 37 heavy (non-hydrogen) atoms. The Kier molecular flexibility index (Phi) is 7.70. The van der Waals surface area contributed by atoms with Gasteiger partial charge in [-0.25, -0.2) is 9.37 Å². The van der Waals surface area contributed by atoms with Crippen molar-refractivity contribution in [2.45, 2.75) is 58.9 Å². The zero-order chi connectivity index (χ0) is 27.0. The van der Waals surface area contributed by atoms with Crippen molar-refractivity contribution in [3.63, 3.8) is 0 Å². The molecule has 1 aromatic heterocycles. The van der Waals surface area contributed by atoms with Gasteiger partial charge in [0.05, 0.1) is 27.5 Å². The van der Waals surface area contributed by atoms with Crippen molar-refractivity contribution in [1.29, 1.82) is 0 Å². The number of rotatable bonds is 6. The number of pyridine rings is 1. The number of piperazine rings is 1. The molecule has 8 heteroatoms. The van der Waals surface area contributed by atoms with Crippen molar-refractivity contribution in [1.82, 2.24) is 14.8 Å². The number of amides is 1. The number of aliphatic imine (C=N–C) groups is 1. The van der Waals surface area contributed by atoms with Gasteiger partial charge in [0.25, 0.3) is 5.91 Å². The van der Waals surface area contributed by atoms with Crippen molar-refractivity contribution >= 4 is 34.6 Å². The number of thioether (sulfide) groups is 1. The fourth-order valence-electron chi connectivity index (χ4n) is 5.21. The van der Waals surface area contributed by atoms with Crippen LogP contribution in [0.5, 0.6) is 0 Å². The van der Waals surface area contributed by atoms with E-state index in [-0.39, 0.29) is 22.7 Å². The van der Waals surface area contributed by atoms with Gasteiger partial charge in [-0.1, -0.05) is 44.7 Å². The first-order valence-corrected chi connectivity index (χ1v) is 13.8. The quantitative estimate of drug-likeness (QED) is 0.336. The summed E-state index contributed by atoms with van der Waals surface area (Å²) < 4.78 is 14.3. The number of carbonyl (C=O) groups excluding carboxylic acids is 1. The summed E-state index contributed by atoms with van der Waals surface area (Å²) in [7, 11) is 1.78. The Hall–Kier alpha value is -2.87. The fraction of sp³-hybridized carbons (Fsp3) is 0.483. The summed E-state index contributed by atoms with van der Waals surface area (Å²) in [6.07, 6.45) is 3.16. The predicted molar refractivity (Wildman–Crippen MR) is 152 cm³/mol. The Balaban J connectivity index is 1.58. The summed E-state index contributed by atoms with van der Waals surface area (Å²) in [6.45, 7) is 15.2. The second-order valence-electron chi connectivity index (χ2n) is 11.1.